The fourth-order valence-corrected chi connectivity index (χ4v) is 4.71. The quantitative estimate of drug-likeness (QED) is 0.201. The van der Waals surface area contributed by atoms with E-state index in [-0.39, 0.29) is 17.7 Å². The van der Waals surface area contributed by atoms with E-state index in [2.05, 4.69) is 34.1 Å². The highest BCUT2D eigenvalue weighted by molar-refractivity contribution is 5.95. The molecule has 1 aliphatic rings. The second-order valence-electron chi connectivity index (χ2n) is 10.1. The largest absolute Gasteiger partial charge is 0.545 e. The Balaban J connectivity index is 0.000000583. The highest BCUT2D eigenvalue weighted by Crippen LogP contribution is 2.27. The van der Waals surface area contributed by atoms with Gasteiger partial charge in [-0.3, -0.25) is 9.69 Å². The molecule has 1 aliphatic heterocycles. The molecule has 0 saturated carbocycles. The van der Waals surface area contributed by atoms with Crippen molar-refractivity contribution in [2.75, 3.05) is 53.0 Å². The number of benzene rings is 3. The molecule has 1 heterocycles. The molecule has 3 aromatic carbocycles. The van der Waals surface area contributed by atoms with Crippen LogP contribution in [0.3, 0.4) is 0 Å². The lowest BCUT2D eigenvalue weighted by molar-refractivity contribution is -0.301. The Hall–Kier alpha value is -4.38. The first-order valence-corrected chi connectivity index (χ1v) is 14.4. The molecule has 1 atom stereocenters. The average Bonchev–Trinajstić information content (AvgIpc) is 3.04. The maximum atomic E-state index is 13.0. The Kier molecular flexibility index (Phi) is 14.2. The van der Waals surface area contributed by atoms with Crippen LogP contribution in [0.5, 0.6) is 5.75 Å². The van der Waals surface area contributed by atoms with Gasteiger partial charge in [-0.05, 0) is 72.6 Å². The van der Waals surface area contributed by atoms with Crippen LogP contribution in [0.1, 0.15) is 40.4 Å². The highest BCUT2D eigenvalue weighted by atomic mass is 19.1. The van der Waals surface area contributed by atoms with Crippen LogP contribution in [0.2, 0.25) is 0 Å². The van der Waals surface area contributed by atoms with Gasteiger partial charge in [-0.1, -0.05) is 42.5 Å². The molecule has 0 N–H and O–H groups in total. The van der Waals surface area contributed by atoms with Crippen molar-refractivity contribution >= 4 is 17.7 Å². The second kappa shape index (κ2) is 18.3. The molecule has 0 spiro atoms. The minimum atomic E-state index is -1.55. The van der Waals surface area contributed by atoms with Gasteiger partial charge in [-0.2, -0.15) is 0 Å². The van der Waals surface area contributed by atoms with Crippen molar-refractivity contribution in [3.8, 4) is 5.75 Å². The van der Waals surface area contributed by atoms with E-state index in [4.69, 9.17) is 9.47 Å². The summed E-state index contributed by atoms with van der Waals surface area (Å²) in [5.74, 6) is -2.49. The number of halogens is 1. The van der Waals surface area contributed by atoms with Crippen molar-refractivity contribution in [1.82, 2.24) is 9.80 Å². The van der Waals surface area contributed by atoms with Crippen molar-refractivity contribution in [2.24, 2.45) is 0 Å². The van der Waals surface area contributed by atoms with Gasteiger partial charge in [0.25, 0.3) is 0 Å². The van der Waals surface area contributed by atoms with E-state index >= 15 is 0 Å². The number of hydrogen-bond acceptors (Lipinski definition) is 9. The zero-order valence-corrected chi connectivity index (χ0v) is 24.7. The summed E-state index contributed by atoms with van der Waals surface area (Å²) >= 11 is 0. The molecule has 44 heavy (non-hydrogen) atoms. The summed E-state index contributed by atoms with van der Waals surface area (Å²) in [4.78, 5) is 36.0. The van der Waals surface area contributed by atoms with Crippen LogP contribution < -0.4 is 14.9 Å². The van der Waals surface area contributed by atoms with Crippen LogP contribution in [0.15, 0.2) is 91.0 Å². The van der Waals surface area contributed by atoms with Crippen molar-refractivity contribution < 1.29 is 38.5 Å². The van der Waals surface area contributed by atoms with E-state index in [1.54, 1.807) is 19.2 Å². The minimum absolute atomic E-state index is 0.0793. The van der Waals surface area contributed by atoms with Crippen molar-refractivity contribution in [2.45, 2.75) is 18.9 Å². The first-order valence-electron chi connectivity index (χ1n) is 14.4. The maximum absolute atomic E-state index is 13.0. The molecule has 234 valence electrons. The molecule has 4 rings (SSSR count). The number of carboxylic acid groups (broad SMARTS) is 2. The molecule has 0 radical (unpaired) electrons. The van der Waals surface area contributed by atoms with Gasteiger partial charge in [-0.25, -0.2) is 4.39 Å². The van der Waals surface area contributed by atoms with Crippen LogP contribution in [0, 0.1) is 5.82 Å². The SMILES string of the molecule is COc1ccc(C(OCCN2CCN(CCCC(=O)c3ccc(F)cc3)CC2)c2ccccc2)cc1.O=C([O-])C=CC(=O)[O-]. The number of ether oxygens (including phenoxy) is 2. The summed E-state index contributed by atoms with van der Waals surface area (Å²) in [7, 11) is 1.67. The van der Waals surface area contributed by atoms with Crippen LogP contribution in [0.25, 0.3) is 0 Å². The minimum Gasteiger partial charge on any atom is -0.545 e. The summed E-state index contributed by atoms with van der Waals surface area (Å²) in [6, 6.07) is 24.2. The number of nitrogens with zero attached hydrogens (tertiary/aromatic N) is 2. The molecule has 0 bridgehead atoms. The van der Waals surface area contributed by atoms with Crippen LogP contribution in [-0.2, 0) is 14.3 Å². The normalized spacial score (nSPS) is 14.4. The van der Waals surface area contributed by atoms with Gasteiger partial charge in [0, 0.05) is 44.7 Å². The van der Waals surface area contributed by atoms with E-state index in [0.717, 1.165) is 62.6 Å². The molecule has 0 aromatic heterocycles. The lowest BCUT2D eigenvalue weighted by atomic mass is 10.0. The van der Waals surface area contributed by atoms with Crippen molar-refractivity contribution in [3.05, 3.63) is 114 Å². The molecule has 0 amide bonds. The predicted molar refractivity (Wildman–Crippen MR) is 159 cm³/mol. The van der Waals surface area contributed by atoms with Gasteiger partial charge in [0.05, 0.1) is 25.7 Å². The molecular weight excluding hydrogens is 567 g/mol. The smallest absolute Gasteiger partial charge is 0.162 e. The Morgan fingerprint density at radius 1 is 0.795 bits per heavy atom. The first kappa shape index (κ1) is 34.1. The van der Waals surface area contributed by atoms with Gasteiger partial charge >= 0.3 is 0 Å². The monoisotopic (exact) mass is 604 g/mol. The number of piperazine rings is 1. The van der Waals surface area contributed by atoms with Crippen molar-refractivity contribution in [3.63, 3.8) is 0 Å². The van der Waals surface area contributed by atoms with Crippen LogP contribution >= 0.6 is 0 Å². The Morgan fingerprint density at radius 2 is 1.34 bits per heavy atom. The van der Waals surface area contributed by atoms with E-state index < -0.39 is 11.9 Å². The molecule has 0 aliphatic carbocycles. The second-order valence-corrected chi connectivity index (χ2v) is 10.1. The fraction of sp³-hybridized carbons (Fsp3) is 0.324. The number of carbonyl (C=O) groups excluding carboxylic acids is 3. The van der Waals surface area contributed by atoms with Crippen molar-refractivity contribution in [1.29, 1.82) is 0 Å². The zero-order valence-electron chi connectivity index (χ0n) is 24.7. The van der Waals surface area contributed by atoms with E-state index in [1.165, 1.54) is 12.1 Å². The molecule has 1 saturated heterocycles. The lowest BCUT2D eigenvalue weighted by Gasteiger charge is -2.34. The van der Waals surface area contributed by atoms with Gasteiger partial charge in [-0.15, -0.1) is 0 Å². The van der Waals surface area contributed by atoms with Gasteiger partial charge in [0.2, 0.25) is 0 Å². The van der Waals surface area contributed by atoms with E-state index in [9.17, 15) is 29.0 Å². The maximum Gasteiger partial charge on any atom is 0.162 e. The third kappa shape index (κ3) is 12.1. The number of carbonyl (C=O) groups is 3. The number of hydrogen-bond donors (Lipinski definition) is 0. The van der Waals surface area contributed by atoms with Gasteiger partial charge in [0.1, 0.15) is 17.7 Å². The summed E-state index contributed by atoms with van der Waals surface area (Å²) in [6.07, 6.45) is 1.97. The van der Waals surface area contributed by atoms with Crippen LogP contribution in [0.4, 0.5) is 4.39 Å². The number of carboxylic acids is 2. The summed E-state index contributed by atoms with van der Waals surface area (Å²) < 4.78 is 24.7. The average molecular weight is 605 g/mol. The summed E-state index contributed by atoms with van der Waals surface area (Å²) in [5.41, 5.74) is 2.84. The first-order chi connectivity index (χ1) is 21.2. The van der Waals surface area contributed by atoms with E-state index in [0.29, 0.717) is 30.7 Å². The Labute approximate surface area is 257 Å². The summed E-state index contributed by atoms with van der Waals surface area (Å²) in [5, 5.41) is 18.8. The third-order valence-corrected chi connectivity index (χ3v) is 7.08. The number of aliphatic carboxylic acids is 2. The fourth-order valence-electron chi connectivity index (χ4n) is 4.71. The molecular formula is C34H37FN2O7-2. The third-order valence-electron chi connectivity index (χ3n) is 7.08. The van der Waals surface area contributed by atoms with Crippen LogP contribution in [-0.4, -0.2) is 80.5 Å². The zero-order chi connectivity index (χ0) is 31.7. The number of rotatable bonds is 14. The van der Waals surface area contributed by atoms with Gasteiger partial charge in [0.15, 0.2) is 5.78 Å². The topological polar surface area (TPSA) is 122 Å². The highest BCUT2D eigenvalue weighted by Gasteiger charge is 2.19. The van der Waals surface area contributed by atoms with E-state index in [1.807, 2.05) is 30.3 Å². The molecule has 1 unspecified atom stereocenters. The number of ketones is 1. The molecule has 10 heteroatoms. The summed E-state index contributed by atoms with van der Waals surface area (Å²) in [6.45, 7) is 6.41. The Morgan fingerprint density at radius 3 is 1.89 bits per heavy atom. The predicted octanol–water partition coefficient (Wildman–Crippen LogP) is 2.26. The van der Waals surface area contributed by atoms with Gasteiger partial charge < -0.3 is 34.2 Å². The standard InChI is InChI=1S/C30H35FN2O3.C4H4O4/c1-35-28-15-11-26(12-16-28)30(25-6-3-2-4-7-25)36-23-22-33-20-18-32(19-21-33)17-5-8-29(34)24-9-13-27(31)14-10-24;5-3(6)1-2-4(7)8/h2-4,6-7,9-16,30H,5,8,17-23H2,1H3;1-2H,(H,5,6)(H,7,8)/p-2. The molecule has 3 aromatic rings. The molecule has 9 nitrogen and oxygen atoms in total. The lowest BCUT2D eigenvalue weighted by Crippen LogP contribution is -2.47. The number of methoxy groups -OCH3 is 1. The number of Topliss-reactive ketones (excluding diaryl/α,β-unsaturated/α-hetero) is 1. The molecule has 1 fully saturated rings. The Bertz CT molecular complexity index is 1320.